The fourth-order valence-electron chi connectivity index (χ4n) is 2.11. The van der Waals surface area contributed by atoms with E-state index in [-0.39, 0.29) is 10.5 Å². The Morgan fingerprint density at radius 1 is 1.11 bits per heavy atom. The van der Waals surface area contributed by atoms with Gasteiger partial charge in [-0.05, 0) is 42.7 Å². The third-order valence-electron chi connectivity index (χ3n) is 3.54. The Labute approximate surface area is 162 Å². The first kappa shape index (κ1) is 20.9. The Bertz CT molecular complexity index is 942. The summed E-state index contributed by atoms with van der Waals surface area (Å²) in [5.41, 5.74) is 0.650. The number of anilines is 1. The van der Waals surface area contributed by atoms with Crippen LogP contribution in [0.25, 0.3) is 0 Å². The second-order valence-corrected chi connectivity index (χ2v) is 8.70. The molecule has 0 unspecified atom stereocenters. The van der Waals surface area contributed by atoms with Crippen LogP contribution in [0.2, 0.25) is 0 Å². The van der Waals surface area contributed by atoms with Crippen LogP contribution in [0, 0.1) is 0 Å². The van der Waals surface area contributed by atoms with E-state index in [1.165, 1.54) is 38.4 Å². The van der Waals surface area contributed by atoms with E-state index in [4.69, 9.17) is 4.74 Å². The molecule has 2 rings (SSSR count). The second-order valence-electron chi connectivity index (χ2n) is 5.67. The second kappa shape index (κ2) is 9.03. The first-order valence-corrected chi connectivity index (χ1v) is 10.5. The van der Waals surface area contributed by atoms with Gasteiger partial charge in [0.2, 0.25) is 10.0 Å². The van der Waals surface area contributed by atoms with Gasteiger partial charge in [-0.3, -0.25) is 4.79 Å². The van der Waals surface area contributed by atoms with Gasteiger partial charge < -0.3 is 10.1 Å². The number of amides is 1. The van der Waals surface area contributed by atoms with Crippen LogP contribution in [0.5, 0.6) is 0 Å². The van der Waals surface area contributed by atoms with Gasteiger partial charge in [-0.15, -0.1) is 11.8 Å². The van der Waals surface area contributed by atoms with Crippen LogP contribution in [0.3, 0.4) is 0 Å². The standard InChI is InChI=1S/C18H20N2O5S2/c1-20(2)27(23,24)16-9-4-6-13(10-16)18(22)25-12-17(21)19-14-7-5-8-15(11-14)26-3/h4-11H,12H2,1-3H3,(H,19,21). The van der Waals surface area contributed by atoms with Gasteiger partial charge in [0.05, 0.1) is 10.5 Å². The molecule has 0 spiro atoms. The zero-order valence-electron chi connectivity index (χ0n) is 15.1. The monoisotopic (exact) mass is 408 g/mol. The van der Waals surface area contributed by atoms with E-state index in [0.717, 1.165) is 9.20 Å². The number of sulfonamides is 1. The number of benzene rings is 2. The molecule has 0 radical (unpaired) electrons. The summed E-state index contributed by atoms with van der Waals surface area (Å²) in [5, 5.41) is 2.64. The normalized spacial score (nSPS) is 11.3. The van der Waals surface area contributed by atoms with Crippen molar-refractivity contribution in [3.8, 4) is 0 Å². The van der Waals surface area contributed by atoms with Gasteiger partial charge in [-0.2, -0.15) is 0 Å². The Kier molecular flexibility index (Phi) is 7.00. The summed E-state index contributed by atoms with van der Waals surface area (Å²) in [5.74, 6) is -1.27. The van der Waals surface area contributed by atoms with Crippen molar-refractivity contribution < 1.29 is 22.7 Å². The van der Waals surface area contributed by atoms with Gasteiger partial charge in [-0.25, -0.2) is 17.5 Å². The van der Waals surface area contributed by atoms with Crippen molar-refractivity contribution >= 4 is 39.3 Å². The SMILES string of the molecule is CSc1cccc(NC(=O)COC(=O)c2cccc(S(=O)(=O)N(C)C)c2)c1. The number of hydrogen-bond donors (Lipinski definition) is 1. The largest absolute Gasteiger partial charge is 0.452 e. The number of ether oxygens (including phenoxy) is 1. The average molecular weight is 409 g/mol. The minimum atomic E-state index is -3.67. The molecular weight excluding hydrogens is 388 g/mol. The number of nitrogens with one attached hydrogen (secondary N) is 1. The fourth-order valence-corrected chi connectivity index (χ4v) is 3.51. The highest BCUT2D eigenvalue weighted by atomic mass is 32.2. The average Bonchev–Trinajstić information content (AvgIpc) is 2.66. The third-order valence-corrected chi connectivity index (χ3v) is 6.07. The number of rotatable bonds is 7. The maximum absolute atomic E-state index is 12.1. The van der Waals surface area contributed by atoms with Crippen LogP contribution in [-0.2, 0) is 19.6 Å². The van der Waals surface area contributed by atoms with Gasteiger partial charge in [0.15, 0.2) is 6.61 Å². The van der Waals surface area contributed by atoms with E-state index >= 15 is 0 Å². The maximum atomic E-state index is 12.1. The molecule has 0 heterocycles. The first-order chi connectivity index (χ1) is 12.7. The third kappa shape index (κ3) is 5.56. The van der Waals surface area contributed by atoms with E-state index < -0.39 is 28.5 Å². The van der Waals surface area contributed by atoms with E-state index in [0.29, 0.717) is 5.69 Å². The molecule has 2 aromatic rings. The van der Waals surface area contributed by atoms with E-state index in [1.54, 1.807) is 23.9 Å². The molecule has 0 fully saturated rings. The summed E-state index contributed by atoms with van der Waals surface area (Å²) in [6.07, 6.45) is 1.92. The first-order valence-electron chi connectivity index (χ1n) is 7.87. The minimum Gasteiger partial charge on any atom is -0.452 e. The van der Waals surface area contributed by atoms with E-state index in [2.05, 4.69) is 5.32 Å². The molecule has 0 aliphatic rings. The van der Waals surface area contributed by atoms with Crippen LogP contribution in [0.1, 0.15) is 10.4 Å². The molecule has 2 aromatic carbocycles. The molecule has 0 aromatic heterocycles. The Morgan fingerprint density at radius 3 is 2.48 bits per heavy atom. The molecule has 0 bridgehead atoms. The molecule has 0 atom stereocenters. The van der Waals surface area contributed by atoms with Crippen LogP contribution >= 0.6 is 11.8 Å². The molecule has 7 nitrogen and oxygen atoms in total. The number of carbonyl (C=O) groups excluding carboxylic acids is 2. The van der Waals surface area contributed by atoms with E-state index in [9.17, 15) is 18.0 Å². The minimum absolute atomic E-state index is 0.0275. The Balaban J connectivity index is 2.00. The van der Waals surface area contributed by atoms with Crippen LogP contribution in [0.15, 0.2) is 58.3 Å². The molecule has 1 N–H and O–H groups in total. The predicted molar refractivity (Wildman–Crippen MR) is 104 cm³/mol. The van der Waals surface area contributed by atoms with Gasteiger partial charge in [-0.1, -0.05) is 12.1 Å². The lowest BCUT2D eigenvalue weighted by atomic mass is 10.2. The number of carbonyl (C=O) groups is 2. The molecule has 0 aliphatic carbocycles. The van der Waals surface area contributed by atoms with Crippen molar-refractivity contribution in [2.75, 3.05) is 32.3 Å². The van der Waals surface area contributed by atoms with Crippen LogP contribution < -0.4 is 5.32 Å². The van der Waals surface area contributed by atoms with Crippen molar-refractivity contribution in [3.63, 3.8) is 0 Å². The summed E-state index contributed by atoms with van der Waals surface area (Å²) in [7, 11) is -0.868. The number of thioether (sulfide) groups is 1. The molecule has 27 heavy (non-hydrogen) atoms. The quantitative estimate of drug-likeness (QED) is 0.559. The maximum Gasteiger partial charge on any atom is 0.338 e. The van der Waals surface area contributed by atoms with Crippen molar-refractivity contribution in [3.05, 3.63) is 54.1 Å². The highest BCUT2D eigenvalue weighted by Crippen LogP contribution is 2.19. The van der Waals surface area contributed by atoms with E-state index in [1.807, 2.05) is 18.4 Å². The lowest BCUT2D eigenvalue weighted by molar-refractivity contribution is -0.119. The Hall–Kier alpha value is -2.36. The lowest BCUT2D eigenvalue weighted by Crippen LogP contribution is -2.23. The lowest BCUT2D eigenvalue weighted by Gasteiger charge is -2.12. The van der Waals surface area contributed by atoms with Crippen molar-refractivity contribution in [2.24, 2.45) is 0 Å². The molecule has 9 heteroatoms. The zero-order valence-corrected chi connectivity index (χ0v) is 16.8. The molecular formula is C18H20N2O5S2. The summed E-state index contributed by atoms with van der Waals surface area (Å²) in [6, 6.07) is 12.7. The number of esters is 1. The number of nitrogens with zero attached hydrogens (tertiary/aromatic N) is 1. The molecule has 1 amide bonds. The summed E-state index contributed by atoms with van der Waals surface area (Å²) >= 11 is 1.54. The summed E-state index contributed by atoms with van der Waals surface area (Å²) in [4.78, 5) is 25.1. The van der Waals surface area contributed by atoms with Gasteiger partial charge in [0, 0.05) is 24.7 Å². The highest BCUT2D eigenvalue weighted by molar-refractivity contribution is 7.98. The fraction of sp³-hybridized carbons (Fsp3) is 0.222. The zero-order chi connectivity index (χ0) is 20.0. The molecule has 0 saturated heterocycles. The van der Waals surface area contributed by atoms with Gasteiger partial charge in [0.1, 0.15) is 0 Å². The molecule has 144 valence electrons. The van der Waals surface area contributed by atoms with Gasteiger partial charge in [0.25, 0.3) is 5.91 Å². The topological polar surface area (TPSA) is 92.8 Å². The smallest absolute Gasteiger partial charge is 0.338 e. The molecule has 0 aliphatic heterocycles. The van der Waals surface area contributed by atoms with Gasteiger partial charge >= 0.3 is 5.97 Å². The Morgan fingerprint density at radius 2 is 1.81 bits per heavy atom. The van der Waals surface area contributed by atoms with Crippen LogP contribution in [-0.4, -0.2) is 51.6 Å². The highest BCUT2D eigenvalue weighted by Gasteiger charge is 2.19. The number of hydrogen-bond acceptors (Lipinski definition) is 6. The predicted octanol–water partition coefficient (Wildman–Crippen LogP) is 2.45. The van der Waals surface area contributed by atoms with Crippen molar-refractivity contribution in [1.82, 2.24) is 4.31 Å². The van der Waals surface area contributed by atoms with Crippen molar-refractivity contribution in [2.45, 2.75) is 9.79 Å². The van der Waals surface area contributed by atoms with Crippen LogP contribution in [0.4, 0.5) is 5.69 Å². The molecule has 0 saturated carbocycles. The summed E-state index contributed by atoms with van der Waals surface area (Å²) in [6.45, 7) is -0.479. The van der Waals surface area contributed by atoms with Crippen molar-refractivity contribution in [1.29, 1.82) is 0 Å². The summed E-state index contributed by atoms with van der Waals surface area (Å²) < 4.78 is 30.3.